The minimum atomic E-state index is -0.588. The lowest BCUT2D eigenvalue weighted by molar-refractivity contribution is -0.106. The van der Waals surface area contributed by atoms with Crippen molar-refractivity contribution in [1.29, 1.82) is 0 Å². The van der Waals surface area contributed by atoms with Crippen LogP contribution in [0.25, 0.3) is 0 Å². The van der Waals surface area contributed by atoms with E-state index in [-0.39, 0.29) is 6.79 Å². The number of aldehydes is 1. The molecule has 0 atom stereocenters. The van der Waals surface area contributed by atoms with Crippen molar-refractivity contribution in [2.24, 2.45) is 0 Å². The molecule has 1 aliphatic rings. The number of methoxy groups -OCH3 is 2. The van der Waals surface area contributed by atoms with Gasteiger partial charge in [0.2, 0.25) is 6.79 Å². The van der Waals surface area contributed by atoms with Gasteiger partial charge < -0.3 is 18.9 Å². The Morgan fingerprint density at radius 3 is 2.44 bits per heavy atom. The van der Waals surface area contributed by atoms with E-state index in [4.69, 9.17) is 18.9 Å². The van der Waals surface area contributed by atoms with Crippen LogP contribution in [0.3, 0.4) is 0 Å². The Morgan fingerprint density at radius 1 is 1.25 bits per heavy atom. The molecule has 0 aliphatic carbocycles. The van der Waals surface area contributed by atoms with Crippen LogP contribution in [0.5, 0.6) is 11.5 Å². The summed E-state index contributed by atoms with van der Waals surface area (Å²) in [4.78, 5) is 11.0. The summed E-state index contributed by atoms with van der Waals surface area (Å²) in [5, 5.41) is 0. The third-order valence-corrected chi connectivity index (χ3v) is 2.39. The van der Waals surface area contributed by atoms with Crippen LogP contribution in [0.1, 0.15) is 22.2 Å². The molecule has 0 unspecified atom stereocenters. The minimum Gasteiger partial charge on any atom is -0.454 e. The molecule has 0 radical (unpaired) electrons. The van der Waals surface area contributed by atoms with Gasteiger partial charge in [0.1, 0.15) is 0 Å². The molecule has 2 rings (SSSR count). The Kier molecular flexibility index (Phi) is 3.07. The smallest absolute Gasteiger partial charge is 0.231 e. The van der Waals surface area contributed by atoms with E-state index in [9.17, 15) is 4.79 Å². The highest BCUT2D eigenvalue weighted by atomic mass is 16.7. The summed E-state index contributed by atoms with van der Waals surface area (Å²) in [6.07, 6.45) is 0.150. The number of fused-ring (bicyclic) bond motifs is 1. The van der Waals surface area contributed by atoms with Crippen molar-refractivity contribution >= 4 is 6.29 Å². The van der Waals surface area contributed by atoms with Crippen LogP contribution < -0.4 is 9.47 Å². The molecule has 1 aromatic rings. The Labute approximate surface area is 92.9 Å². The minimum absolute atomic E-state index is 0.168. The van der Waals surface area contributed by atoms with E-state index in [2.05, 4.69) is 0 Å². The first-order valence-corrected chi connectivity index (χ1v) is 4.74. The molecule has 0 N–H and O–H groups in total. The number of carbonyl (C=O) groups is 1. The highest BCUT2D eigenvalue weighted by Gasteiger charge is 2.21. The average molecular weight is 224 g/mol. The summed E-state index contributed by atoms with van der Waals surface area (Å²) >= 11 is 0. The first-order chi connectivity index (χ1) is 7.80. The van der Waals surface area contributed by atoms with Crippen LogP contribution in [-0.2, 0) is 9.47 Å². The zero-order valence-electron chi connectivity index (χ0n) is 9.06. The van der Waals surface area contributed by atoms with E-state index in [1.165, 1.54) is 14.2 Å². The number of hydrogen-bond donors (Lipinski definition) is 0. The van der Waals surface area contributed by atoms with Crippen LogP contribution in [0.15, 0.2) is 12.1 Å². The van der Waals surface area contributed by atoms with E-state index in [0.717, 1.165) is 6.29 Å². The Hall–Kier alpha value is -1.59. The SMILES string of the molecule is COC(OC)c1cc2c(cc1C=O)OCO2. The molecular formula is C11H12O5. The maximum Gasteiger partial charge on any atom is 0.231 e. The zero-order chi connectivity index (χ0) is 11.5. The van der Waals surface area contributed by atoms with Crippen LogP contribution in [-0.4, -0.2) is 27.3 Å². The molecule has 0 bridgehead atoms. The van der Waals surface area contributed by atoms with Gasteiger partial charge in [0, 0.05) is 25.3 Å². The van der Waals surface area contributed by atoms with Crippen molar-refractivity contribution in [3.63, 3.8) is 0 Å². The molecule has 5 nitrogen and oxygen atoms in total. The van der Waals surface area contributed by atoms with Crippen LogP contribution >= 0.6 is 0 Å². The summed E-state index contributed by atoms with van der Waals surface area (Å²) in [6, 6.07) is 3.32. The fourth-order valence-corrected chi connectivity index (χ4v) is 1.63. The standard InChI is InChI=1S/C11H12O5/c1-13-11(14-2)8-4-10-9(15-6-16-10)3-7(8)5-12/h3-5,11H,6H2,1-2H3. The van der Waals surface area contributed by atoms with Gasteiger partial charge in [-0.15, -0.1) is 0 Å². The van der Waals surface area contributed by atoms with Crippen molar-refractivity contribution in [3.05, 3.63) is 23.3 Å². The quantitative estimate of drug-likeness (QED) is 0.573. The first kappa shape index (κ1) is 10.9. The molecule has 5 heteroatoms. The van der Waals surface area contributed by atoms with Crippen molar-refractivity contribution < 1.29 is 23.7 Å². The average Bonchev–Trinajstić information content (AvgIpc) is 2.76. The van der Waals surface area contributed by atoms with Gasteiger partial charge >= 0.3 is 0 Å². The van der Waals surface area contributed by atoms with Crippen LogP contribution in [0.2, 0.25) is 0 Å². The Balaban J connectivity index is 2.46. The summed E-state index contributed by atoms with van der Waals surface area (Å²) in [7, 11) is 3.01. The second-order valence-corrected chi connectivity index (χ2v) is 3.26. The molecule has 0 fully saturated rings. The first-order valence-electron chi connectivity index (χ1n) is 4.74. The second kappa shape index (κ2) is 4.51. The molecule has 1 aliphatic heterocycles. The lowest BCUT2D eigenvalue weighted by Gasteiger charge is -2.15. The lowest BCUT2D eigenvalue weighted by Crippen LogP contribution is -2.06. The van der Waals surface area contributed by atoms with Crippen molar-refractivity contribution in [2.45, 2.75) is 6.29 Å². The van der Waals surface area contributed by atoms with Crippen molar-refractivity contribution in [3.8, 4) is 11.5 Å². The van der Waals surface area contributed by atoms with E-state index < -0.39 is 6.29 Å². The Morgan fingerprint density at radius 2 is 1.88 bits per heavy atom. The normalized spacial score (nSPS) is 13.2. The highest BCUT2D eigenvalue weighted by Crippen LogP contribution is 2.37. The zero-order valence-corrected chi connectivity index (χ0v) is 9.06. The fourth-order valence-electron chi connectivity index (χ4n) is 1.63. The fraction of sp³-hybridized carbons (Fsp3) is 0.364. The summed E-state index contributed by atoms with van der Waals surface area (Å²) in [6.45, 7) is 0.168. The van der Waals surface area contributed by atoms with Crippen molar-refractivity contribution in [2.75, 3.05) is 21.0 Å². The maximum atomic E-state index is 11.0. The van der Waals surface area contributed by atoms with Gasteiger partial charge in [-0.2, -0.15) is 0 Å². The number of benzene rings is 1. The van der Waals surface area contributed by atoms with Gasteiger partial charge in [-0.25, -0.2) is 0 Å². The summed E-state index contributed by atoms with van der Waals surface area (Å²) < 4.78 is 20.6. The van der Waals surface area contributed by atoms with Gasteiger partial charge in [0.25, 0.3) is 0 Å². The topological polar surface area (TPSA) is 54.0 Å². The largest absolute Gasteiger partial charge is 0.454 e. The predicted octanol–water partition coefficient (Wildman–Crippen LogP) is 1.52. The van der Waals surface area contributed by atoms with Gasteiger partial charge in [0.05, 0.1) is 0 Å². The Bertz CT molecular complexity index is 398. The monoisotopic (exact) mass is 224 g/mol. The van der Waals surface area contributed by atoms with E-state index in [0.29, 0.717) is 22.6 Å². The van der Waals surface area contributed by atoms with E-state index in [1.807, 2.05) is 0 Å². The van der Waals surface area contributed by atoms with Crippen LogP contribution in [0.4, 0.5) is 0 Å². The molecule has 0 spiro atoms. The highest BCUT2D eigenvalue weighted by molar-refractivity contribution is 5.79. The second-order valence-electron chi connectivity index (χ2n) is 3.26. The van der Waals surface area contributed by atoms with Crippen LogP contribution in [0, 0.1) is 0 Å². The van der Waals surface area contributed by atoms with E-state index in [1.54, 1.807) is 12.1 Å². The summed E-state index contributed by atoms with van der Waals surface area (Å²) in [5.74, 6) is 1.16. The van der Waals surface area contributed by atoms with E-state index >= 15 is 0 Å². The molecule has 0 amide bonds. The van der Waals surface area contributed by atoms with Gasteiger partial charge in [-0.05, 0) is 12.1 Å². The molecular weight excluding hydrogens is 212 g/mol. The van der Waals surface area contributed by atoms with Crippen molar-refractivity contribution in [1.82, 2.24) is 0 Å². The lowest BCUT2D eigenvalue weighted by atomic mass is 10.1. The number of ether oxygens (including phenoxy) is 4. The van der Waals surface area contributed by atoms with Gasteiger partial charge in [-0.1, -0.05) is 0 Å². The molecule has 0 saturated heterocycles. The van der Waals surface area contributed by atoms with Gasteiger partial charge in [0.15, 0.2) is 24.1 Å². The molecule has 0 aromatic heterocycles. The molecule has 1 heterocycles. The molecule has 86 valence electrons. The molecule has 16 heavy (non-hydrogen) atoms. The maximum absolute atomic E-state index is 11.0. The summed E-state index contributed by atoms with van der Waals surface area (Å²) in [5.41, 5.74) is 1.10. The number of carbonyl (C=O) groups excluding carboxylic acids is 1. The third-order valence-electron chi connectivity index (χ3n) is 2.39. The number of hydrogen-bond acceptors (Lipinski definition) is 5. The predicted molar refractivity (Wildman–Crippen MR) is 54.7 cm³/mol. The molecule has 1 aromatic carbocycles. The third kappa shape index (κ3) is 1.75. The molecule has 0 saturated carbocycles. The number of rotatable bonds is 4. The van der Waals surface area contributed by atoms with Gasteiger partial charge in [-0.3, -0.25) is 4.79 Å².